The normalized spacial score (nSPS) is 16.8. The van der Waals surface area contributed by atoms with Crippen molar-refractivity contribution in [1.82, 2.24) is 15.5 Å². The van der Waals surface area contributed by atoms with Crippen molar-refractivity contribution in [3.05, 3.63) is 35.9 Å². The molecule has 0 bridgehead atoms. The van der Waals surface area contributed by atoms with Crippen molar-refractivity contribution in [3.8, 4) is 0 Å². The minimum absolute atomic E-state index is 0.137. The first-order valence-electron chi connectivity index (χ1n) is 10.7. The lowest BCUT2D eigenvalue weighted by molar-refractivity contribution is -0.140. The number of nitrogens with zero attached hydrogens (tertiary/aromatic N) is 1. The SMILES string of the molecule is CC(NC(=O)OC(C)(C)C)C(=O)N(C)C(C(=O)NC1CCCCC1)c1ccccc1. The molecule has 1 aromatic carbocycles. The highest BCUT2D eigenvalue weighted by Gasteiger charge is 2.33. The molecule has 7 nitrogen and oxygen atoms in total. The number of hydrogen-bond acceptors (Lipinski definition) is 4. The van der Waals surface area contributed by atoms with Crippen molar-refractivity contribution < 1.29 is 19.1 Å². The number of carbonyl (C=O) groups is 3. The van der Waals surface area contributed by atoms with Crippen LogP contribution in [-0.2, 0) is 14.3 Å². The molecule has 2 N–H and O–H groups in total. The van der Waals surface area contributed by atoms with Crippen LogP contribution in [0.15, 0.2) is 30.3 Å². The molecule has 7 heteroatoms. The van der Waals surface area contributed by atoms with E-state index in [-0.39, 0.29) is 17.9 Å². The van der Waals surface area contributed by atoms with E-state index in [1.807, 2.05) is 30.3 Å². The summed E-state index contributed by atoms with van der Waals surface area (Å²) in [5, 5.41) is 5.68. The van der Waals surface area contributed by atoms with Gasteiger partial charge in [0.2, 0.25) is 11.8 Å². The van der Waals surface area contributed by atoms with Gasteiger partial charge in [0.1, 0.15) is 17.7 Å². The molecular formula is C23H35N3O4. The summed E-state index contributed by atoms with van der Waals surface area (Å²) < 4.78 is 5.23. The van der Waals surface area contributed by atoms with Gasteiger partial charge in [-0.2, -0.15) is 0 Å². The maximum absolute atomic E-state index is 13.2. The Labute approximate surface area is 179 Å². The maximum atomic E-state index is 13.2. The predicted octanol–water partition coefficient (Wildman–Crippen LogP) is 3.55. The molecule has 166 valence electrons. The van der Waals surface area contributed by atoms with E-state index < -0.39 is 23.8 Å². The number of hydrogen-bond donors (Lipinski definition) is 2. The standard InChI is InChI=1S/C23H35N3O4/c1-16(24-22(29)30-23(2,3)4)21(28)26(5)19(17-12-8-6-9-13-17)20(27)25-18-14-10-7-11-15-18/h6,8-9,12-13,16,18-19H,7,10-11,14-15H2,1-5H3,(H,24,29)(H,25,27). The summed E-state index contributed by atoms with van der Waals surface area (Å²) in [5.74, 6) is -0.568. The molecule has 0 aliphatic heterocycles. The van der Waals surface area contributed by atoms with Crippen molar-refractivity contribution in [1.29, 1.82) is 0 Å². The summed E-state index contributed by atoms with van der Waals surface area (Å²) in [6, 6.07) is 7.75. The fraction of sp³-hybridized carbons (Fsp3) is 0.609. The summed E-state index contributed by atoms with van der Waals surface area (Å²) in [6.45, 7) is 6.86. The monoisotopic (exact) mass is 417 g/mol. The minimum atomic E-state index is -0.835. The van der Waals surface area contributed by atoms with Gasteiger partial charge in [-0.05, 0) is 46.1 Å². The highest BCUT2D eigenvalue weighted by atomic mass is 16.6. The molecule has 0 aromatic heterocycles. The number of likely N-dealkylation sites (N-methyl/N-ethyl adjacent to an activating group) is 1. The Kier molecular flexibility index (Phi) is 8.26. The summed E-state index contributed by atoms with van der Waals surface area (Å²) in [7, 11) is 1.59. The lowest BCUT2D eigenvalue weighted by Crippen LogP contribution is -2.51. The number of carbonyl (C=O) groups excluding carboxylic acids is 3. The minimum Gasteiger partial charge on any atom is -0.444 e. The summed E-state index contributed by atoms with van der Waals surface area (Å²) in [6.07, 6.45) is 4.66. The van der Waals surface area contributed by atoms with Gasteiger partial charge in [-0.25, -0.2) is 4.79 Å². The van der Waals surface area contributed by atoms with E-state index in [1.54, 1.807) is 34.7 Å². The van der Waals surface area contributed by atoms with Crippen molar-refractivity contribution in [3.63, 3.8) is 0 Å². The Hall–Kier alpha value is -2.57. The van der Waals surface area contributed by atoms with Gasteiger partial charge in [-0.3, -0.25) is 9.59 Å². The molecule has 2 unspecified atom stereocenters. The first-order chi connectivity index (χ1) is 14.1. The van der Waals surface area contributed by atoms with Gasteiger partial charge < -0.3 is 20.3 Å². The quantitative estimate of drug-likeness (QED) is 0.741. The Balaban J connectivity index is 2.13. The molecular weight excluding hydrogens is 382 g/mol. The number of ether oxygens (including phenoxy) is 1. The zero-order chi connectivity index (χ0) is 22.3. The van der Waals surface area contributed by atoms with Crippen molar-refractivity contribution in [2.75, 3.05) is 7.05 Å². The predicted molar refractivity (Wildman–Crippen MR) is 116 cm³/mol. The Morgan fingerprint density at radius 2 is 1.67 bits per heavy atom. The van der Waals surface area contributed by atoms with E-state index in [0.29, 0.717) is 0 Å². The van der Waals surface area contributed by atoms with Gasteiger partial charge in [-0.15, -0.1) is 0 Å². The molecule has 0 spiro atoms. The van der Waals surface area contributed by atoms with E-state index in [1.165, 1.54) is 11.3 Å². The molecule has 2 atom stereocenters. The number of nitrogens with one attached hydrogen (secondary N) is 2. The molecule has 30 heavy (non-hydrogen) atoms. The van der Waals surface area contributed by atoms with E-state index in [9.17, 15) is 14.4 Å². The topological polar surface area (TPSA) is 87.7 Å². The van der Waals surface area contributed by atoms with Gasteiger partial charge in [0.15, 0.2) is 0 Å². The fourth-order valence-electron chi connectivity index (χ4n) is 3.69. The van der Waals surface area contributed by atoms with Crippen LogP contribution in [0.3, 0.4) is 0 Å². The molecule has 1 aliphatic carbocycles. The summed E-state index contributed by atoms with van der Waals surface area (Å²) in [5.41, 5.74) is 0.0664. The van der Waals surface area contributed by atoms with E-state index in [0.717, 1.165) is 31.2 Å². The second kappa shape index (κ2) is 10.5. The third-order valence-electron chi connectivity index (χ3n) is 5.15. The zero-order valence-electron chi connectivity index (χ0n) is 18.7. The van der Waals surface area contributed by atoms with Gasteiger partial charge >= 0.3 is 6.09 Å². The van der Waals surface area contributed by atoms with Crippen LogP contribution < -0.4 is 10.6 Å². The number of alkyl carbamates (subject to hydrolysis) is 1. The zero-order valence-corrected chi connectivity index (χ0v) is 18.7. The third kappa shape index (κ3) is 7.04. The van der Waals surface area contributed by atoms with Gasteiger partial charge in [0, 0.05) is 13.1 Å². The second-order valence-electron chi connectivity index (χ2n) is 8.97. The number of rotatable bonds is 6. The number of benzene rings is 1. The highest BCUT2D eigenvalue weighted by molar-refractivity contribution is 5.91. The average molecular weight is 418 g/mol. The molecule has 2 rings (SSSR count). The lowest BCUT2D eigenvalue weighted by atomic mass is 9.94. The second-order valence-corrected chi connectivity index (χ2v) is 8.97. The van der Waals surface area contributed by atoms with Gasteiger partial charge in [0.05, 0.1) is 0 Å². The van der Waals surface area contributed by atoms with Gasteiger partial charge in [0.25, 0.3) is 0 Å². The van der Waals surface area contributed by atoms with Crippen LogP contribution >= 0.6 is 0 Å². The molecule has 0 radical (unpaired) electrons. The van der Waals surface area contributed by atoms with Crippen molar-refractivity contribution in [2.24, 2.45) is 0 Å². The fourth-order valence-corrected chi connectivity index (χ4v) is 3.69. The molecule has 1 aliphatic rings. The first kappa shape index (κ1) is 23.7. The van der Waals surface area contributed by atoms with Crippen LogP contribution in [0.1, 0.15) is 71.4 Å². The van der Waals surface area contributed by atoms with E-state index >= 15 is 0 Å². The van der Waals surface area contributed by atoms with E-state index in [4.69, 9.17) is 4.74 Å². The maximum Gasteiger partial charge on any atom is 0.408 e. The van der Waals surface area contributed by atoms with Gasteiger partial charge in [-0.1, -0.05) is 49.6 Å². The smallest absolute Gasteiger partial charge is 0.408 e. The Morgan fingerprint density at radius 3 is 2.23 bits per heavy atom. The average Bonchev–Trinajstić information content (AvgIpc) is 2.67. The largest absolute Gasteiger partial charge is 0.444 e. The van der Waals surface area contributed by atoms with Crippen LogP contribution in [0.5, 0.6) is 0 Å². The lowest BCUT2D eigenvalue weighted by Gasteiger charge is -2.32. The van der Waals surface area contributed by atoms with Crippen LogP contribution in [0.2, 0.25) is 0 Å². The Morgan fingerprint density at radius 1 is 1.07 bits per heavy atom. The molecule has 0 saturated heterocycles. The number of amides is 3. The Bertz CT molecular complexity index is 724. The molecule has 1 saturated carbocycles. The van der Waals surface area contributed by atoms with Crippen LogP contribution in [-0.4, -0.2) is 47.5 Å². The first-order valence-corrected chi connectivity index (χ1v) is 10.7. The van der Waals surface area contributed by atoms with Crippen LogP contribution in [0.4, 0.5) is 4.79 Å². The molecule has 1 aromatic rings. The summed E-state index contributed by atoms with van der Waals surface area (Å²) in [4.78, 5) is 39.7. The van der Waals surface area contributed by atoms with Crippen molar-refractivity contribution >= 4 is 17.9 Å². The van der Waals surface area contributed by atoms with Crippen LogP contribution in [0, 0.1) is 0 Å². The van der Waals surface area contributed by atoms with Crippen LogP contribution in [0.25, 0.3) is 0 Å². The molecule has 0 heterocycles. The third-order valence-corrected chi connectivity index (χ3v) is 5.15. The summed E-state index contributed by atoms with van der Waals surface area (Å²) >= 11 is 0. The highest BCUT2D eigenvalue weighted by Crippen LogP contribution is 2.23. The van der Waals surface area contributed by atoms with Crippen molar-refractivity contribution in [2.45, 2.75) is 83.5 Å². The van der Waals surface area contributed by atoms with E-state index in [2.05, 4.69) is 10.6 Å². The molecule has 3 amide bonds. The molecule has 1 fully saturated rings.